The number of nitrogens with zero attached hydrogens (tertiary/aromatic N) is 4. The topological polar surface area (TPSA) is 318 Å². The Labute approximate surface area is 578 Å². The van der Waals surface area contributed by atoms with E-state index in [1.807, 2.05) is 24.3 Å². The smallest absolute Gasteiger partial charge is 0.855 e. The fraction of sp³-hybridized carbons (Fsp3) is 0.362. The number of rotatable bonds is 17. The number of carboxylic acid groups (broad SMARTS) is 2. The van der Waals surface area contributed by atoms with Crippen molar-refractivity contribution >= 4 is 38.2 Å². The number of benzene rings is 6. The molecule has 0 bridgehead atoms. The van der Waals surface area contributed by atoms with Crippen LogP contribution in [0, 0.1) is 52.2 Å². The number of hydrogen-bond donors (Lipinski definition) is 3. The average molecular weight is 1290 g/mol. The van der Waals surface area contributed by atoms with E-state index in [1.54, 1.807) is 19.1 Å². The molecule has 1 heterocycles. The number of carbonyl (C=O) groups is 2. The zero-order valence-corrected chi connectivity index (χ0v) is 57.4. The summed E-state index contributed by atoms with van der Waals surface area (Å²) in [5.74, 6) is 5.12. The summed E-state index contributed by atoms with van der Waals surface area (Å²) in [5, 5.41) is 76.8. The molecular weight excluding hydrogens is 1220 g/mol. The largest absolute Gasteiger partial charge is 1.00 e. The predicted octanol–water partition coefficient (Wildman–Crippen LogP) is 4.69. The van der Waals surface area contributed by atoms with E-state index in [-0.39, 0.29) is 84.3 Å². The summed E-state index contributed by atoms with van der Waals surface area (Å²) < 4.78 is 58.5. The third-order valence-electron chi connectivity index (χ3n) is 15.8. The minimum Gasteiger partial charge on any atom is -0.855 e. The molecule has 1 atom stereocenters. The Morgan fingerprint density at radius 2 is 0.890 bits per heavy atom. The molecule has 0 aromatic heterocycles. The molecular formula is C69H70N4Na2O14S2. The Bertz CT molecular complexity index is 4040. The Kier molecular flexibility index (Phi) is 29.8. The van der Waals surface area contributed by atoms with Crippen molar-refractivity contribution in [2.45, 2.75) is 122 Å². The van der Waals surface area contributed by atoms with Crippen LogP contribution in [0.25, 0.3) is 44.5 Å². The fourth-order valence-corrected chi connectivity index (χ4v) is 13.1. The molecule has 11 rings (SSSR count). The van der Waals surface area contributed by atoms with Crippen LogP contribution in [-0.2, 0) is 85.6 Å². The van der Waals surface area contributed by atoms with Gasteiger partial charge in [0.25, 0.3) is 0 Å². The molecule has 464 valence electrons. The molecule has 1 aliphatic heterocycles. The van der Waals surface area contributed by atoms with Crippen LogP contribution in [-0.4, -0.2) is 88.8 Å². The minimum atomic E-state index is -3.11. The SMILES string of the molecule is C=S1(=O)CCCO1.CC[O-].N#Cc1c(C#N)c2c(c3c1CCc1cc(O)ccc1-3)-c1ccc(OCCCCCC(=O)O)cc1CC2.O=S(=O)=O.[CH2-]CCOc1ccc2c(c1)CCc1c(C#N)c(C#N)c3c(c1-2)-c1ccc(OCCCCCC(=O)O)cc1CC3.[Na+].[Na+]. The Balaban J connectivity index is 0.000000268. The predicted molar refractivity (Wildman–Crippen MR) is 334 cm³/mol. The standard InChI is InChI=1S/C33H31N2O4.C30H26N2O4.C4H8O2S.C2H5O.2Na.O3S/c1-2-15-38-23-9-13-25-21(17-23)7-11-27-29(19-34)30(20-35)28-12-8-22-18-24(10-14-26(22)33(28)32(25)27)39-16-5-3-4-6-31(36)37;31-16-26-24-9-5-18-14-20(33)7-11-22(18)29(24)30-23-12-8-21(36-13-3-1-2-4-28(34)35)15-19(23)6-10-25(30)27(26)17-32;1-7(5)4-2-3-6-7;1-2-3;;;1-4(2)3/h9-10,13-14,17-18H,1-8,11-12,15-16H2,(H,36,37);7-8,11-12,14-15,33H,1-6,9-10,13H2,(H,34,35);1-4H2;2H2,1H3;;;/q-1;;;-1;2*+1;. The minimum absolute atomic E-state index is 0. The third kappa shape index (κ3) is 19.3. The van der Waals surface area contributed by atoms with Crippen LogP contribution >= 0.6 is 0 Å². The van der Waals surface area contributed by atoms with Crippen LogP contribution in [0.5, 0.6) is 23.0 Å². The first-order valence-corrected chi connectivity index (χ1v) is 32.5. The first-order valence-electron chi connectivity index (χ1n) is 29.6. The molecule has 0 spiro atoms. The Morgan fingerprint density at radius 1 is 0.571 bits per heavy atom. The van der Waals surface area contributed by atoms with Gasteiger partial charge in [0.05, 0.1) is 58.5 Å². The number of aromatic hydroxyl groups is 1. The van der Waals surface area contributed by atoms with Gasteiger partial charge in [-0.25, -0.2) is 4.21 Å². The molecule has 6 aromatic rings. The summed E-state index contributed by atoms with van der Waals surface area (Å²) in [6, 6.07) is 33.2. The van der Waals surface area contributed by atoms with E-state index in [4.69, 9.17) is 46.3 Å². The van der Waals surface area contributed by atoms with Gasteiger partial charge in [0.15, 0.2) is 0 Å². The molecule has 1 unspecified atom stereocenters. The van der Waals surface area contributed by atoms with Crippen molar-refractivity contribution < 1.29 is 124 Å². The second-order valence-corrected chi connectivity index (χ2v) is 24.1. The van der Waals surface area contributed by atoms with Gasteiger partial charge in [0, 0.05) is 18.6 Å². The molecule has 0 saturated carbocycles. The number of carboxylic acids is 2. The van der Waals surface area contributed by atoms with Gasteiger partial charge in [-0.1, -0.05) is 31.2 Å². The van der Waals surface area contributed by atoms with Crippen molar-refractivity contribution in [1.82, 2.24) is 0 Å². The van der Waals surface area contributed by atoms with Crippen LogP contribution < -0.4 is 78.4 Å². The molecule has 4 aliphatic carbocycles. The molecule has 5 aliphatic rings. The van der Waals surface area contributed by atoms with E-state index in [0.717, 1.165) is 147 Å². The number of phenols is 1. The third-order valence-corrected chi connectivity index (χ3v) is 17.3. The molecule has 91 heavy (non-hydrogen) atoms. The maximum Gasteiger partial charge on any atom is 1.00 e. The van der Waals surface area contributed by atoms with Crippen molar-refractivity contribution in [3.05, 3.63) is 146 Å². The van der Waals surface area contributed by atoms with E-state index in [2.05, 4.69) is 73.5 Å². The summed E-state index contributed by atoms with van der Waals surface area (Å²) in [5.41, 5.74) is 18.7. The number of hydrogen-bond acceptors (Lipinski definition) is 16. The van der Waals surface area contributed by atoms with Gasteiger partial charge in [0.2, 0.25) is 0 Å². The Hall–Kier alpha value is -7.02. The maximum atomic E-state index is 10.7. The summed E-state index contributed by atoms with van der Waals surface area (Å²) in [4.78, 5) is 21.3. The molecule has 1 fully saturated rings. The second-order valence-electron chi connectivity index (χ2n) is 21.6. The van der Waals surface area contributed by atoms with E-state index in [0.29, 0.717) is 106 Å². The number of aliphatic carboxylic acids is 2. The zero-order valence-electron chi connectivity index (χ0n) is 51.8. The van der Waals surface area contributed by atoms with Gasteiger partial charge < -0.3 is 41.6 Å². The number of nitriles is 4. The van der Waals surface area contributed by atoms with E-state index in [1.165, 1.54) is 11.1 Å². The number of phenolic OH excluding ortho intramolecular Hbond substituents is 1. The second kappa shape index (κ2) is 36.3. The van der Waals surface area contributed by atoms with Crippen LogP contribution in [0.15, 0.2) is 72.8 Å². The van der Waals surface area contributed by atoms with Crippen molar-refractivity contribution in [2.24, 2.45) is 0 Å². The quantitative estimate of drug-likeness (QED) is 0.0483. The molecule has 0 amide bonds. The first kappa shape index (κ1) is 74.7. The maximum absolute atomic E-state index is 10.7. The van der Waals surface area contributed by atoms with Crippen molar-refractivity contribution in [1.29, 1.82) is 21.0 Å². The summed E-state index contributed by atoms with van der Waals surface area (Å²) >= 11 is 0. The van der Waals surface area contributed by atoms with E-state index in [9.17, 15) is 40.0 Å². The van der Waals surface area contributed by atoms with Crippen LogP contribution in [0.2, 0.25) is 0 Å². The molecule has 3 N–H and O–H groups in total. The van der Waals surface area contributed by atoms with Gasteiger partial charge >= 0.3 is 81.7 Å². The molecule has 0 radical (unpaired) electrons. The normalized spacial score (nSPS) is 14.2. The van der Waals surface area contributed by atoms with Crippen molar-refractivity contribution in [3.8, 4) is 91.8 Å². The molecule has 1 saturated heterocycles. The molecule has 18 nitrogen and oxygen atoms in total. The molecule has 22 heteroatoms. The van der Waals surface area contributed by atoms with E-state index < -0.39 is 32.3 Å². The van der Waals surface area contributed by atoms with Crippen LogP contribution in [0.4, 0.5) is 0 Å². The van der Waals surface area contributed by atoms with E-state index >= 15 is 0 Å². The average Bonchev–Trinajstić information content (AvgIpc) is 1.09. The zero-order chi connectivity index (χ0) is 64.2. The molecule has 6 aromatic carbocycles. The van der Waals surface area contributed by atoms with Gasteiger partial charge in [-0.15, -0.1) is 25.7 Å². The number of unbranched alkanes of at least 4 members (excludes halogenated alkanes) is 4. The monoisotopic (exact) mass is 1290 g/mol. The van der Waals surface area contributed by atoms with Gasteiger partial charge in [-0.3, -0.25) is 13.8 Å². The fourth-order valence-electron chi connectivity index (χ4n) is 12.0. The first-order chi connectivity index (χ1) is 42.9. The van der Waals surface area contributed by atoms with Gasteiger partial charge in [-0.2, -0.15) is 21.0 Å². The number of fused-ring (bicyclic) bond motifs is 14. The van der Waals surface area contributed by atoms with Crippen LogP contribution in [0.1, 0.15) is 138 Å². The number of ether oxygens (including phenoxy) is 3. The summed E-state index contributed by atoms with van der Waals surface area (Å²) in [6.07, 6.45) is 12.2. The van der Waals surface area contributed by atoms with Crippen molar-refractivity contribution in [2.75, 3.05) is 38.8 Å². The van der Waals surface area contributed by atoms with Gasteiger partial charge in [0.1, 0.15) is 47.3 Å². The van der Waals surface area contributed by atoms with Gasteiger partial charge in [-0.05, 0) is 240 Å². The van der Waals surface area contributed by atoms with Crippen molar-refractivity contribution in [3.63, 3.8) is 0 Å². The number of aryl methyl sites for hydroxylation is 4. The summed E-state index contributed by atoms with van der Waals surface area (Å²) in [6.45, 7) is 7.69. The summed E-state index contributed by atoms with van der Waals surface area (Å²) in [7, 11) is -5.16. The van der Waals surface area contributed by atoms with Crippen LogP contribution in [0.3, 0.4) is 0 Å². The Morgan fingerprint density at radius 3 is 1.16 bits per heavy atom.